The average Bonchev–Trinajstić information content (AvgIpc) is 2.83. The first-order chi connectivity index (χ1) is 9.70. The molecule has 0 spiro atoms. The van der Waals surface area contributed by atoms with Crippen LogP contribution in [-0.4, -0.2) is 38.9 Å². The lowest BCUT2D eigenvalue weighted by Gasteiger charge is -2.15. The molecule has 1 fully saturated rings. The van der Waals surface area contributed by atoms with Crippen LogP contribution in [0.2, 0.25) is 0 Å². The minimum Gasteiger partial charge on any atom is -0.478 e. The normalized spacial score (nSPS) is 18.1. The number of hydrogen-bond donors (Lipinski definition) is 1. The minimum atomic E-state index is -0.599. The van der Waals surface area contributed by atoms with Crippen molar-refractivity contribution in [2.24, 2.45) is 0 Å². The molecular formula is C14H18FNO4. The summed E-state index contributed by atoms with van der Waals surface area (Å²) in [6.45, 7) is 2.03. The number of nitrogens with one attached hydrogen (secondary N) is 1. The first-order valence-corrected chi connectivity index (χ1v) is 6.52. The fourth-order valence-corrected chi connectivity index (χ4v) is 1.94. The monoisotopic (exact) mass is 283 g/mol. The zero-order valence-electron chi connectivity index (χ0n) is 11.4. The van der Waals surface area contributed by atoms with Crippen molar-refractivity contribution < 1.29 is 23.4 Å². The summed E-state index contributed by atoms with van der Waals surface area (Å²) in [6.07, 6.45) is -0.0783. The van der Waals surface area contributed by atoms with Crippen molar-refractivity contribution in [3.05, 3.63) is 29.6 Å². The second kappa shape index (κ2) is 7.21. The molecule has 1 atom stereocenters. The predicted octanol–water partition coefficient (Wildman–Crippen LogP) is 1.26. The highest BCUT2D eigenvalue weighted by molar-refractivity contribution is 5.76. The number of ether oxygens (including phenoxy) is 3. The molecule has 5 nitrogen and oxygen atoms in total. The molecule has 1 aliphatic heterocycles. The highest BCUT2D eigenvalue weighted by atomic mass is 19.1. The molecule has 0 bridgehead atoms. The Morgan fingerprint density at radius 1 is 1.50 bits per heavy atom. The SMILES string of the molecule is COCCNCc1cc(F)ccc1OC1CCOC1=O. The van der Waals surface area contributed by atoms with E-state index in [0.717, 1.165) is 0 Å². The van der Waals surface area contributed by atoms with E-state index >= 15 is 0 Å². The molecule has 0 aliphatic carbocycles. The largest absolute Gasteiger partial charge is 0.478 e. The van der Waals surface area contributed by atoms with Crippen LogP contribution in [0.3, 0.4) is 0 Å². The maximum Gasteiger partial charge on any atom is 0.347 e. The van der Waals surface area contributed by atoms with Crippen LogP contribution in [0, 0.1) is 5.82 Å². The molecule has 20 heavy (non-hydrogen) atoms. The highest BCUT2D eigenvalue weighted by Crippen LogP contribution is 2.23. The van der Waals surface area contributed by atoms with Crippen LogP contribution in [-0.2, 0) is 20.8 Å². The van der Waals surface area contributed by atoms with Gasteiger partial charge in [0.05, 0.1) is 13.2 Å². The predicted molar refractivity (Wildman–Crippen MR) is 70.0 cm³/mol. The van der Waals surface area contributed by atoms with Crippen molar-refractivity contribution in [1.29, 1.82) is 0 Å². The van der Waals surface area contributed by atoms with E-state index in [1.807, 2.05) is 0 Å². The molecule has 0 amide bonds. The third-order valence-electron chi connectivity index (χ3n) is 2.98. The van der Waals surface area contributed by atoms with Crippen LogP contribution in [0.4, 0.5) is 4.39 Å². The van der Waals surface area contributed by atoms with Gasteiger partial charge >= 0.3 is 5.97 Å². The van der Waals surface area contributed by atoms with Crippen molar-refractivity contribution in [2.45, 2.75) is 19.1 Å². The summed E-state index contributed by atoms with van der Waals surface area (Å²) in [4.78, 5) is 11.4. The summed E-state index contributed by atoms with van der Waals surface area (Å²) in [5.74, 6) is -0.206. The Morgan fingerprint density at radius 2 is 2.35 bits per heavy atom. The summed E-state index contributed by atoms with van der Waals surface area (Å²) in [6, 6.07) is 4.25. The minimum absolute atomic E-state index is 0.338. The van der Waals surface area contributed by atoms with Gasteiger partial charge in [0.1, 0.15) is 11.6 Å². The van der Waals surface area contributed by atoms with Crippen LogP contribution >= 0.6 is 0 Å². The van der Waals surface area contributed by atoms with Gasteiger partial charge in [0.15, 0.2) is 6.10 Å². The molecule has 1 unspecified atom stereocenters. The van der Waals surface area contributed by atoms with Crippen LogP contribution in [0.15, 0.2) is 18.2 Å². The van der Waals surface area contributed by atoms with E-state index in [1.165, 1.54) is 18.2 Å². The second-order valence-corrected chi connectivity index (χ2v) is 4.48. The van der Waals surface area contributed by atoms with Crippen molar-refractivity contribution in [1.82, 2.24) is 5.32 Å². The van der Waals surface area contributed by atoms with Gasteiger partial charge in [-0.15, -0.1) is 0 Å². The molecule has 6 heteroatoms. The van der Waals surface area contributed by atoms with Crippen LogP contribution in [0.1, 0.15) is 12.0 Å². The van der Waals surface area contributed by atoms with Gasteiger partial charge in [0, 0.05) is 32.2 Å². The van der Waals surface area contributed by atoms with Gasteiger partial charge in [0.25, 0.3) is 0 Å². The summed E-state index contributed by atoms with van der Waals surface area (Å²) in [5.41, 5.74) is 0.667. The molecule has 1 saturated heterocycles. The standard InChI is InChI=1S/C14H18FNO4/c1-18-7-5-16-9-10-8-11(15)2-3-12(10)20-13-4-6-19-14(13)17/h2-3,8,13,16H,4-7,9H2,1H3. The number of esters is 1. The topological polar surface area (TPSA) is 56.8 Å². The highest BCUT2D eigenvalue weighted by Gasteiger charge is 2.29. The molecule has 1 aliphatic rings. The quantitative estimate of drug-likeness (QED) is 0.603. The fourth-order valence-electron chi connectivity index (χ4n) is 1.94. The van der Waals surface area contributed by atoms with E-state index in [4.69, 9.17) is 14.2 Å². The maximum absolute atomic E-state index is 13.3. The molecule has 110 valence electrons. The Morgan fingerprint density at radius 3 is 3.05 bits per heavy atom. The van der Waals surface area contributed by atoms with Crippen molar-refractivity contribution >= 4 is 5.97 Å². The van der Waals surface area contributed by atoms with Crippen molar-refractivity contribution in [3.8, 4) is 5.75 Å². The van der Waals surface area contributed by atoms with Gasteiger partial charge in [-0.3, -0.25) is 0 Å². The Labute approximate surface area is 117 Å². The Bertz CT molecular complexity index is 466. The third kappa shape index (κ3) is 3.91. The number of methoxy groups -OCH3 is 1. The lowest BCUT2D eigenvalue weighted by atomic mass is 10.2. The Hall–Kier alpha value is -1.66. The van der Waals surface area contributed by atoms with E-state index in [-0.39, 0.29) is 11.8 Å². The van der Waals surface area contributed by atoms with Gasteiger partial charge < -0.3 is 19.5 Å². The second-order valence-electron chi connectivity index (χ2n) is 4.48. The molecule has 1 heterocycles. The molecule has 0 radical (unpaired) electrons. The first-order valence-electron chi connectivity index (χ1n) is 6.52. The molecule has 1 aromatic carbocycles. The zero-order valence-corrected chi connectivity index (χ0v) is 11.4. The van der Waals surface area contributed by atoms with E-state index < -0.39 is 6.10 Å². The third-order valence-corrected chi connectivity index (χ3v) is 2.98. The number of benzene rings is 1. The van der Waals surface area contributed by atoms with Crippen LogP contribution in [0.5, 0.6) is 5.75 Å². The average molecular weight is 283 g/mol. The first kappa shape index (κ1) is 14.7. The summed E-state index contributed by atoms with van der Waals surface area (Å²) in [5, 5.41) is 3.12. The van der Waals surface area contributed by atoms with E-state index in [0.29, 0.717) is 44.0 Å². The molecule has 1 N–H and O–H groups in total. The van der Waals surface area contributed by atoms with Gasteiger partial charge in [-0.25, -0.2) is 9.18 Å². The van der Waals surface area contributed by atoms with E-state index in [1.54, 1.807) is 7.11 Å². The van der Waals surface area contributed by atoms with E-state index in [2.05, 4.69) is 5.32 Å². The van der Waals surface area contributed by atoms with Crippen molar-refractivity contribution in [2.75, 3.05) is 26.9 Å². The number of carbonyl (C=O) groups excluding carboxylic acids is 1. The van der Waals surface area contributed by atoms with Gasteiger partial charge in [-0.1, -0.05) is 0 Å². The Kier molecular flexibility index (Phi) is 5.31. The van der Waals surface area contributed by atoms with Gasteiger partial charge in [-0.2, -0.15) is 0 Å². The fraction of sp³-hybridized carbons (Fsp3) is 0.500. The Balaban J connectivity index is 2.01. The smallest absolute Gasteiger partial charge is 0.347 e. The lowest BCUT2D eigenvalue weighted by Crippen LogP contribution is -2.24. The summed E-state index contributed by atoms with van der Waals surface area (Å²) >= 11 is 0. The maximum atomic E-state index is 13.3. The zero-order chi connectivity index (χ0) is 14.4. The summed E-state index contributed by atoms with van der Waals surface area (Å²) in [7, 11) is 1.62. The molecule has 2 rings (SSSR count). The summed E-state index contributed by atoms with van der Waals surface area (Å²) < 4.78 is 28.7. The number of hydrogen-bond acceptors (Lipinski definition) is 5. The molecular weight excluding hydrogens is 265 g/mol. The number of halogens is 1. The molecule has 0 saturated carbocycles. The van der Waals surface area contributed by atoms with Gasteiger partial charge in [-0.05, 0) is 18.2 Å². The molecule has 0 aromatic heterocycles. The number of cyclic esters (lactones) is 1. The molecule has 1 aromatic rings. The van der Waals surface area contributed by atoms with Crippen LogP contribution < -0.4 is 10.1 Å². The van der Waals surface area contributed by atoms with Gasteiger partial charge in [0.2, 0.25) is 0 Å². The lowest BCUT2D eigenvalue weighted by molar-refractivity contribution is -0.143. The van der Waals surface area contributed by atoms with Crippen molar-refractivity contribution in [3.63, 3.8) is 0 Å². The number of rotatable bonds is 7. The number of carbonyl (C=O) groups is 1. The van der Waals surface area contributed by atoms with E-state index in [9.17, 15) is 9.18 Å². The van der Waals surface area contributed by atoms with Crippen LogP contribution in [0.25, 0.3) is 0 Å².